The molecule has 1 nitrogen and oxygen atoms in total. The van der Waals surface area contributed by atoms with Crippen molar-refractivity contribution < 1.29 is 28.5 Å². The lowest BCUT2D eigenvalue weighted by atomic mass is 10.5. The molecule has 0 aliphatic carbocycles. The van der Waals surface area contributed by atoms with Crippen LogP contribution in [0.4, 0.5) is 0 Å². The van der Waals surface area contributed by atoms with E-state index in [0.29, 0.717) is 0 Å². The normalized spacial score (nSPS) is 8.60. The van der Waals surface area contributed by atoms with E-state index in [9.17, 15) is 0 Å². The van der Waals surface area contributed by atoms with E-state index >= 15 is 0 Å². The van der Waals surface area contributed by atoms with Gasteiger partial charge in [0, 0.05) is 6.07 Å². The van der Waals surface area contributed by atoms with Gasteiger partial charge in [-0.2, -0.15) is 0 Å². The Kier molecular flexibility index (Phi) is 5.25. The van der Waals surface area contributed by atoms with Gasteiger partial charge in [0.25, 0.3) is 0 Å². The molecule has 56 valence electrons. The Morgan fingerprint density at radius 1 is 1.60 bits per heavy atom. The van der Waals surface area contributed by atoms with E-state index in [4.69, 9.17) is 0 Å². The predicted octanol–water partition coefficient (Wildman–Crippen LogP) is -1.24. The zero-order valence-corrected chi connectivity index (χ0v) is 9.46. The van der Waals surface area contributed by atoms with E-state index in [1.807, 2.05) is 18.3 Å². The molecule has 0 aliphatic rings. The Balaban J connectivity index is 0.000000810. The fourth-order valence-corrected chi connectivity index (χ4v) is 1.10. The largest absolute Gasteiger partial charge is 1.00 e. The molecule has 0 radical (unpaired) electrons. The molecule has 1 aromatic rings. The number of hydrogen-bond acceptors (Lipinski definition) is 0. The summed E-state index contributed by atoms with van der Waals surface area (Å²) < 4.78 is 3.25. The number of hydrogen-bond donors (Lipinski definition) is 0. The SMILES string of the molecule is CC[n+]1cccc(Br)c1.[I-]. The monoisotopic (exact) mass is 313 g/mol. The fraction of sp³-hybridized carbons (Fsp3) is 0.286. The highest BCUT2D eigenvalue weighted by Crippen LogP contribution is 2.02. The first-order valence-electron chi connectivity index (χ1n) is 2.97. The molecule has 0 N–H and O–H groups in total. The van der Waals surface area contributed by atoms with Crippen molar-refractivity contribution in [3.8, 4) is 0 Å². The maximum atomic E-state index is 3.38. The minimum absolute atomic E-state index is 0. The van der Waals surface area contributed by atoms with Crippen LogP contribution in [-0.4, -0.2) is 0 Å². The van der Waals surface area contributed by atoms with E-state index < -0.39 is 0 Å². The Morgan fingerprint density at radius 2 is 2.30 bits per heavy atom. The second-order valence-corrected chi connectivity index (χ2v) is 2.77. The molecule has 0 atom stereocenters. The van der Waals surface area contributed by atoms with Crippen molar-refractivity contribution in [2.24, 2.45) is 0 Å². The van der Waals surface area contributed by atoms with Gasteiger partial charge in [-0.25, -0.2) is 4.57 Å². The van der Waals surface area contributed by atoms with Crippen molar-refractivity contribution >= 4 is 15.9 Å². The minimum Gasteiger partial charge on any atom is -1.00 e. The molecule has 0 aromatic carbocycles. The molecule has 0 saturated carbocycles. The van der Waals surface area contributed by atoms with Crippen LogP contribution in [0.5, 0.6) is 0 Å². The molecular formula is C7H9BrIN. The summed E-state index contributed by atoms with van der Waals surface area (Å²) in [5.74, 6) is 0. The van der Waals surface area contributed by atoms with Crippen molar-refractivity contribution in [2.75, 3.05) is 0 Å². The van der Waals surface area contributed by atoms with Crippen molar-refractivity contribution in [3.05, 3.63) is 29.0 Å². The molecule has 0 bridgehead atoms. The zero-order chi connectivity index (χ0) is 6.69. The number of nitrogens with zero attached hydrogens (tertiary/aromatic N) is 1. The average Bonchev–Trinajstić information content (AvgIpc) is 1.88. The molecule has 0 spiro atoms. The molecule has 0 aliphatic heterocycles. The van der Waals surface area contributed by atoms with Crippen LogP contribution in [0.2, 0.25) is 0 Å². The third-order valence-corrected chi connectivity index (χ3v) is 1.66. The lowest BCUT2D eigenvalue weighted by Crippen LogP contribution is -3.00. The van der Waals surface area contributed by atoms with Gasteiger partial charge in [-0.1, -0.05) is 0 Å². The van der Waals surface area contributed by atoms with Crippen LogP contribution in [0.15, 0.2) is 29.0 Å². The van der Waals surface area contributed by atoms with Crippen LogP contribution >= 0.6 is 15.9 Å². The summed E-state index contributed by atoms with van der Waals surface area (Å²) in [6, 6.07) is 4.04. The summed E-state index contributed by atoms with van der Waals surface area (Å²) in [7, 11) is 0. The third kappa shape index (κ3) is 2.96. The topological polar surface area (TPSA) is 3.88 Å². The van der Waals surface area contributed by atoms with Gasteiger partial charge in [0.2, 0.25) is 0 Å². The summed E-state index contributed by atoms with van der Waals surface area (Å²) in [6.45, 7) is 3.14. The van der Waals surface area contributed by atoms with Crippen LogP contribution in [-0.2, 0) is 6.54 Å². The van der Waals surface area contributed by atoms with Crippen molar-refractivity contribution in [1.82, 2.24) is 0 Å². The van der Waals surface area contributed by atoms with Crippen LogP contribution in [0, 0.1) is 0 Å². The first-order valence-corrected chi connectivity index (χ1v) is 3.77. The van der Waals surface area contributed by atoms with Crippen molar-refractivity contribution in [3.63, 3.8) is 0 Å². The van der Waals surface area contributed by atoms with Gasteiger partial charge in [0.1, 0.15) is 6.54 Å². The highest BCUT2D eigenvalue weighted by atomic mass is 127. The maximum Gasteiger partial charge on any atom is 0.183 e. The van der Waals surface area contributed by atoms with Gasteiger partial charge in [-0.3, -0.25) is 0 Å². The third-order valence-electron chi connectivity index (χ3n) is 1.19. The Morgan fingerprint density at radius 3 is 2.70 bits per heavy atom. The molecule has 0 saturated heterocycles. The fourth-order valence-electron chi connectivity index (χ4n) is 0.687. The number of aryl methyl sites for hydroxylation is 1. The quantitative estimate of drug-likeness (QED) is 0.451. The van der Waals surface area contributed by atoms with E-state index in [2.05, 4.69) is 33.6 Å². The summed E-state index contributed by atoms with van der Waals surface area (Å²) in [4.78, 5) is 0. The smallest absolute Gasteiger partial charge is 0.183 e. The van der Waals surface area contributed by atoms with Crippen molar-refractivity contribution in [1.29, 1.82) is 0 Å². The Labute approximate surface area is 86.6 Å². The molecule has 0 fully saturated rings. The zero-order valence-electron chi connectivity index (χ0n) is 5.72. The predicted molar refractivity (Wildman–Crippen MR) is 40.0 cm³/mol. The highest BCUT2D eigenvalue weighted by Gasteiger charge is 1.93. The van der Waals surface area contributed by atoms with Crippen LogP contribution in [0.25, 0.3) is 0 Å². The number of aromatic nitrogens is 1. The Bertz CT molecular complexity index is 203. The summed E-state index contributed by atoms with van der Waals surface area (Å²) in [5, 5.41) is 0. The lowest BCUT2D eigenvalue weighted by molar-refractivity contribution is -0.694. The summed E-state index contributed by atoms with van der Waals surface area (Å²) in [5.41, 5.74) is 0. The molecule has 1 aromatic heterocycles. The molecule has 1 rings (SSSR count). The summed E-state index contributed by atoms with van der Waals surface area (Å²) in [6.07, 6.45) is 4.10. The first-order chi connectivity index (χ1) is 4.33. The van der Waals surface area contributed by atoms with Gasteiger partial charge < -0.3 is 24.0 Å². The molecule has 3 heteroatoms. The first kappa shape index (κ1) is 10.4. The molecule has 0 unspecified atom stereocenters. The van der Waals surface area contributed by atoms with E-state index in [-0.39, 0.29) is 24.0 Å². The van der Waals surface area contributed by atoms with Gasteiger partial charge >= 0.3 is 0 Å². The molecule has 1 heterocycles. The van der Waals surface area contributed by atoms with Crippen LogP contribution < -0.4 is 28.5 Å². The van der Waals surface area contributed by atoms with E-state index in [0.717, 1.165) is 11.0 Å². The van der Waals surface area contributed by atoms with Crippen LogP contribution in [0.3, 0.4) is 0 Å². The van der Waals surface area contributed by atoms with Crippen LogP contribution in [0.1, 0.15) is 6.92 Å². The molecule has 10 heavy (non-hydrogen) atoms. The van der Waals surface area contributed by atoms with Gasteiger partial charge in [-0.15, -0.1) is 0 Å². The Hall–Kier alpha value is 0.360. The second kappa shape index (κ2) is 5.07. The lowest BCUT2D eigenvalue weighted by Gasteiger charge is -1.88. The number of pyridine rings is 1. The maximum absolute atomic E-state index is 3.38. The van der Waals surface area contributed by atoms with Gasteiger partial charge in [0.15, 0.2) is 12.4 Å². The minimum atomic E-state index is 0. The number of rotatable bonds is 1. The number of halogens is 2. The van der Waals surface area contributed by atoms with Gasteiger partial charge in [0.05, 0.1) is 4.47 Å². The average molecular weight is 314 g/mol. The molecular weight excluding hydrogens is 305 g/mol. The van der Waals surface area contributed by atoms with E-state index in [1.165, 1.54) is 0 Å². The van der Waals surface area contributed by atoms with E-state index in [1.54, 1.807) is 0 Å². The highest BCUT2D eigenvalue weighted by molar-refractivity contribution is 9.10. The molecule has 0 amide bonds. The second-order valence-electron chi connectivity index (χ2n) is 1.85. The van der Waals surface area contributed by atoms with Gasteiger partial charge in [-0.05, 0) is 28.9 Å². The standard InChI is InChI=1S/C7H9BrN.HI/c1-2-9-5-3-4-7(8)6-9;/h3-6H,2H2,1H3;1H/q+1;/p-1. The van der Waals surface area contributed by atoms with Crippen molar-refractivity contribution in [2.45, 2.75) is 13.5 Å². The summed E-state index contributed by atoms with van der Waals surface area (Å²) >= 11 is 3.38.